The summed E-state index contributed by atoms with van der Waals surface area (Å²) in [6.45, 7) is 3.33. The fraction of sp³-hybridized carbons (Fsp3) is 0.462. The molecule has 0 radical (unpaired) electrons. The van der Waals surface area contributed by atoms with E-state index in [1.54, 1.807) is 18.9 Å². The Bertz CT molecular complexity index is 472. The molecule has 0 spiro atoms. The van der Waals surface area contributed by atoms with Crippen molar-refractivity contribution in [1.29, 1.82) is 0 Å². The van der Waals surface area contributed by atoms with Crippen molar-refractivity contribution < 1.29 is 9.18 Å². The van der Waals surface area contributed by atoms with Gasteiger partial charge in [-0.15, -0.1) is 0 Å². The van der Waals surface area contributed by atoms with Crippen LogP contribution in [0, 0.1) is 12.7 Å². The van der Waals surface area contributed by atoms with Crippen LogP contribution in [0.3, 0.4) is 0 Å². The number of nitrogens with zero attached hydrogens (tertiary/aromatic N) is 1. The predicted molar refractivity (Wildman–Crippen MR) is 69.5 cm³/mol. The summed E-state index contributed by atoms with van der Waals surface area (Å²) in [7, 11) is 1.76. The Morgan fingerprint density at radius 3 is 2.89 bits per heavy atom. The fourth-order valence-electron chi connectivity index (χ4n) is 2.15. The van der Waals surface area contributed by atoms with E-state index >= 15 is 0 Å². The maximum atomic E-state index is 13.3. The second kappa shape index (κ2) is 5.24. The number of hydrogen-bond donors (Lipinski definition) is 1. The maximum Gasteiger partial charge on any atom is 0.255 e. The first kappa shape index (κ1) is 13.3. The standard InChI is InChI=1S/C13H16ClFN2O/c1-8-5-10(11(14)6-12(8)15)13(18)17(2)9-3-4-16-7-9/h5-6,9,16H,3-4,7H2,1-2H3/t9-/m1/s1. The van der Waals surface area contributed by atoms with Gasteiger partial charge < -0.3 is 10.2 Å². The highest BCUT2D eigenvalue weighted by molar-refractivity contribution is 6.33. The maximum absolute atomic E-state index is 13.3. The minimum absolute atomic E-state index is 0.156. The lowest BCUT2D eigenvalue weighted by molar-refractivity contribution is 0.0744. The molecule has 1 heterocycles. The number of nitrogens with one attached hydrogen (secondary N) is 1. The quantitative estimate of drug-likeness (QED) is 0.894. The number of carbonyl (C=O) groups is 1. The molecular weight excluding hydrogens is 255 g/mol. The third-order valence-corrected chi connectivity index (χ3v) is 3.69. The third kappa shape index (κ3) is 2.49. The van der Waals surface area contributed by atoms with Crippen molar-refractivity contribution in [1.82, 2.24) is 10.2 Å². The second-order valence-electron chi connectivity index (χ2n) is 4.64. The van der Waals surface area contributed by atoms with Crippen LogP contribution in [-0.2, 0) is 0 Å². The first-order valence-electron chi connectivity index (χ1n) is 5.94. The molecule has 1 atom stereocenters. The fourth-order valence-corrected chi connectivity index (χ4v) is 2.38. The summed E-state index contributed by atoms with van der Waals surface area (Å²) in [5.41, 5.74) is 0.797. The molecule has 98 valence electrons. The van der Waals surface area contributed by atoms with Gasteiger partial charge in [0.15, 0.2) is 0 Å². The highest BCUT2D eigenvalue weighted by Gasteiger charge is 2.25. The largest absolute Gasteiger partial charge is 0.337 e. The minimum atomic E-state index is -0.387. The molecule has 0 aromatic heterocycles. The molecule has 1 aliphatic rings. The van der Waals surface area contributed by atoms with Gasteiger partial charge in [-0.05, 0) is 37.6 Å². The molecule has 1 fully saturated rings. The van der Waals surface area contributed by atoms with E-state index in [4.69, 9.17) is 11.6 Å². The predicted octanol–water partition coefficient (Wildman–Crippen LogP) is 2.22. The van der Waals surface area contributed by atoms with Gasteiger partial charge in [0.1, 0.15) is 5.82 Å². The van der Waals surface area contributed by atoms with E-state index in [2.05, 4.69) is 5.32 Å². The van der Waals surface area contributed by atoms with Crippen LogP contribution in [0.1, 0.15) is 22.3 Å². The van der Waals surface area contributed by atoms with Crippen LogP contribution in [0.15, 0.2) is 12.1 Å². The zero-order valence-electron chi connectivity index (χ0n) is 10.5. The molecule has 1 saturated heterocycles. The normalized spacial score (nSPS) is 19.0. The van der Waals surface area contributed by atoms with Crippen molar-refractivity contribution in [3.8, 4) is 0 Å². The first-order chi connectivity index (χ1) is 8.50. The van der Waals surface area contributed by atoms with Gasteiger partial charge in [0.05, 0.1) is 10.6 Å². The molecule has 5 heteroatoms. The number of likely N-dealkylation sites (N-methyl/N-ethyl adjacent to an activating group) is 1. The molecule has 1 aromatic rings. The van der Waals surface area contributed by atoms with Gasteiger partial charge in [-0.25, -0.2) is 4.39 Å². The molecule has 1 N–H and O–H groups in total. The lowest BCUT2D eigenvalue weighted by atomic mass is 10.1. The molecule has 1 amide bonds. The SMILES string of the molecule is Cc1cc(C(=O)N(C)[C@@H]2CCNC2)c(Cl)cc1F. The lowest BCUT2D eigenvalue weighted by Crippen LogP contribution is -2.38. The Morgan fingerprint density at radius 2 is 2.28 bits per heavy atom. The van der Waals surface area contributed by atoms with Crippen molar-refractivity contribution in [2.24, 2.45) is 0 Å². The number of carbonyl (C=O) groups excluding carboxylic acids is 1. The molecule has 1 aliphatic heterocycles. The molecule has 3 nitrogen and oxygen atoms in total. The summed E-state index contributed by atoms with van der Waals surface area (Å²) in [6.07, 6.45) is 0.931. The molecule has 0 bridgehead atoms. The van der Waals surface area contributed by atoms with E-state index in [0.717, 1.165) is 19.5 Å². The number of aryl methyl sites for hydroxylation is 1. The van der Waals surface area contributed by atoms with Gasteiger partial charge in [-0.3, -0.25) is 4.79 Å². The number of amides is 1. The topological polar surface area (TPSA) is 32.3 Å². The zero-order valence-corrected chi connectivity index (χ0v) is 11.2. The van der Waals surface area contributed by atoms with E-state index in [1.807, 2.05) is 0 Å². The summed E-state index contributed by atoms with van der Waals surface area (Å²) in [5.74, 6) is -0.543. The Balaban J connectivity index is 2.25. The van der Waals surface area contributed by atoms with Gasteiger partial charge >= 0.3 is 0 Å². The van der Waals surface area contributed by atoms with Gasteiger partial charge in [0.25, 0.3) is 5.91 Å². The first-order valence-corrected chi connectivity index (χ1v) is 6.32. The van der Waals surface area contributed by atoms with E-state index < -0.39 is 0 Å². The summed E-state index contributed by atoms with van der Waals surface area (Å²) >= 11 is 5.94. The number of halogens is 2. The molecule has 0 aliphatic carbocycles. The number of hydrogen-bond acceptors (Lipinski definition) is 2. The van der Waals surface area contributed by atoms with Crippen LogP contribution in [0.4, 0.5) is 4.39 Å². The monoisotopic (exact) mass is 270 g/mol. The van der Waals surface area contributed by atoms with Crippen molar-refractivity contribution in [2.75, 3.05) is 20.1 Å². The summed E-state index contributed by atoms with van der Waals surface area (Å²) in [6, 6.07) is 2.89. The summed E-state index contributed by atoms with van der Waals surface area (Å²) in [4.78, 5) is 14.0. The van der Waals surface area contributed by atoms with Crippen LogP contribution in [0.2, 0.25) is 5.02 Å². The number of benzene rings is 1. The second-order valence-corrected chi connectivity index (χ2v) is 5.05. The molecule has 1 aromatic carbocycles. The summed E-state index contributed by atoms with van der Waals surface area (Å²) in [5, 5.41) is 3.38. The van der Waals surface area contributed by atoms with Crippen LogP contribution in [0.25, 0.3) is 0 Å². The van der Waals surface area contributed by atoms with Crippen LogP contribution >= 0.6 is 11.6 Å². The van der Waals surface area contributed by atoms with E-state index in [9.17, 15) is 9.18 Å². The molecular formula is C13H16ClFN2O. The Hall–Kier alpha value is -1.13. The Morgan fingerprint density at radius 1 is 1.56 bits per heavy atom. The average molecular weight is 271 g/mol. The molecule has 0 unspecified atom stereocenters. The Kier molecular flexibility index (Phi) is 3.88. The lowest BCUT2D eigenvalue weighted by Gasteiger charge is -2.24. The average Bonchev–Trinajstić information content (AvgIpc) is 2.85. The smallest absolute Gasteiger partial charge is 0.255 e. The van der Waals surface area contributed by atoms with Gasteiger partial charge in [0.2, 0.25) is 0 Å². The number of rotatable bonds is 2. The third-order valence-electron chi connectivity index (χ3n) is 3.38. The van der Waals surface area contributed by atoms with Crippen LogP contribution < -0.4 is 5.32 Å². The van der Waals surface area contributed by atoms with Crippen LogP contribution in [-0.4, -0.2) is 37.0 Å². The van der Waals surface area contributed by atoms with Crippen LogP contribution in [0.5, 0.6) is 0 Å². The van der Waals surface area contributed by atoms with Crippen molar-refractivity contribution in [2.45, 2.75) is 19.4 Å². The van der Waals surface area contributed by atoms with Crippen molar-refractivity contribution in [3.05, 3.63) is 34.1 Å². The van der Waals surface area contributed by atoms with Crippen molar-refractivity contribution >= 4 is 17.5 Å². The Labute approximate surface area is 111 Å². The zero-order chi connectivity index (χ0) is 13.3. The summed E-state index contributed by atoms with van der Waals surface area (Å²) < 4.78 is 13.3. The highest BCUT2D eigenvalue weighted by atomic mass is 35.5. The van der Waals surface area contributed by atoms with Gasteiger partial charge in [-0.1, -0.05) is 11.6 Å². The van der Waals surface area contributed by atoms with E-state index in [-0.39, 0.29) is 22.8 Å². The molecule has 0 saturated carbocycles. The highest BCUT2D eigenvalue weighted by Crippen LogP contribution is 2.23. The van der Waals surface area contributed by atoms with Gasteiger partial charge in [-0.2, -0.15) is 0 Å². The van der Waals surface area contributed by atoms with Gasteiger partial charge in [0, 0.05) is 19.6 Å². The van der Waals surface area contributed by atoms with Crippen molar-refractivity contribution in [3.63, 3.8) is 0 Å². The molecule has 2 rings (SSSR count). The van der Waals surface area contributed by atoms with E-state index in [0.29, 0.717) is 11.1 Å². The molecule has 18 heavy (non-hydrogen) atoms. The van der Waals surface area contributed by atoms with E-state index in [1.165, 1.54) is 12.1 Å². The minimum Gasteiger partial charge on any atom is -0.337 e.